The van der Waals surface area contributed by atoms with Crippen LogP contribution in [0.15, 0.2) is 42.5 Å². The highest BCUT2D eigenvalue weighted by Crippen LogP contribution is 2.39. The number of hydrogen-bond donors (Lipinski definition) is 3. The molecule has 9 nitrogen and oxygen atoms in total. The van der Waals surface area contributed by atoms with Crippen molar-refractivity contribution in [2.45, 2.75) is 40.2 Å². The number of ether oxygens (including phenoxy) is 3. The SMILES string of the molecule is CCOc1cc(C(=O)NNC(=O)CC(NC(C)=O)c2ccccc2)cc(OCC)c1OCC. The minimum absolute atomic E-state index is 0.0540. The summed E-state index contributed by atoms with van der Waals surface area (Å²) >= 11 is 0. The van der Waals surface area contributed by atoms with E-state index in [4.69, 9.17) is 14.2 Å². The van der Waals surface area contributed by atoms with E-state index in [1.54, 1.807) is 0 Å². The van der Waals surface area contributed by atoms with Crippen molar-refractivity contribution in [1.29, 1.82) is 0 Å². The maximum atomic E-state index is 12.7. The van der Waals surface area contributed by atoms with E-state index >= 15 is 0 Å². The van der Waals surface area contributed by atoms with E-state index < -0.39 is 17.9 Å². The molecule has 0 aromatic heterocycles. The summed E-state index contributed by atoms with van der Waals surface area (Å²) in [4.78, 5) is 36.8. The fourth-order valence-corrected chi connectivity index (χ4v) is 3.14. The number of benzene rings is 2. The zero-order valence-electron chi connectivity index (χ0n) is 19.4. The topological polar surface area (TPSA) is 115 Å². The molecule has 2 aromatic carbocycles. The predicted molar refractivity (Wildman–Crippen MR) is 123 cm³/mol. The molecule has 0 aliphatic heterocycles. The van der Waals surface area contributed by atoms with Crippen molar-refractivity contribution < 1.29 is 28.6 Å². The van der Waals surface area contributed by atoms with Gasteiger partial charge >= 0.3 is 0 Å². The van der Waals surface area contributed by atoms with Crippen LogP contribution in [0.1, 0.15) is 56.1 Å². The molecule has 33 heavy (non-hydrogen) atoms. The molecule has 2 rings (SSSR count). The van der Waals surface area contributed by atoms with Crippen LogP contribution < -0.4 is 30.4 Å². The second-order valence-electron chi connectivity index (χ2n) is 6.97. The summed E-state index contributed by atoms with van der Waals surface area (Å²) in [6, 6.07) is 11.7. The highest BCUT2D eigenvalue weighted by molar-refractivity contribution is 5.96. The van der Waals surface area contributed by atoms with Gasteiger partial charge in [0.1, 0.15) is 0 Å². The Kier molecular flexibility index (Phi) is 10.0. The quantitative estimate of drug-likeness (QED) is 0.447. The summed E-state index contributed by atoms with van der Waals surface area (Å²) in [7, 11) is 0. The molecule has 3 amide bonds. The van der Waals surface area contributed by atoms with Crippen LogP contribution in [0.25, 0.3) is 0 Å². The molecule has 1 atom stereocenters. The Morgan fingerprint density at radius 3 is 1.94 bits per heavy atom. The highest BCUT2D eigenvalue weighted by Gasteiger charge is 2.20. The van der Waals surface area contributed by atoms with Gasteiger partial charge in [-0.25, -0.2) is 0 Å². The summed E-state index contributed by atoms with van der Waals surface area (Å²) in [5.41, 5.74) is 5.80. The highest BCUT2D eigenvalue weighted by atomic mass is 16.5. The van der Waals surface area contributed by atoms with Crippen LogP contribution in [0.4, 0.5) is 0 Å². The number of nitrogens with one attached hydrogen (secondary N) is 3. The van der Waals surface area contributed by atoms with Gasteiger partial charge in [0.15, 0.2) is 11.5 Å². The van der Waals surface area contributed by atoms with Gasteiger partial charge in [-0.2, -0.15) is 0 Å². The average Bonchev–Trinajstić information content (AvgIpc) is 2.79. The van der Waals surface area contributed by atoms with Crippen LogP contribution in [-0.4, -0.2) is 37.5 Å². The normalized spacial score (nSPS) is 11.2. The number of hydrazine groups is 1. The van der Waals surface area contributed by atoms with E-state index in [0.29, 0.717) is 37.1 Å². The number of carbonyl (C=O) groups is 3. The van der Waals surface area contributed by atoms with E-state index in [0.717, 1.165) is 5.56 Å². The monoisotopic (exact) mass is 457 g/mol. The Morgan fingerprint density at radius 1 is 0.848 bits per heavy atom. The molecule has 178 valence electrons. The van der Waals surface area contributed by atoms with Crippen molar-refractivity contribution in [3.8, 4) is 17.2 Å². The minimum atomic E-state index is -0.552. The Morgan fingerprint density at radius 2 is 1.42 bits per heavy atom. The maximum absolute atomic E-state index is 12.7. The average molecular weight is 458 g/mol. The summed E-state index contributed by atoms with van der Waals surface area (Å²) in [5, 5.41) is 2.75. The van der Waals surface area contributed by atoms with Crippen molar-refractivity contribution in [1.82, 2.24) is 16.2 Å². The number of carbonyl (C=O) groups excluding carboxylic acids is 3. The summed E-state index contributed by atoms with van der Waals surface area (Å²) in [6.07, 6.45) is -0.0540. The van der Waals surface area contributed by atoms with E-state index in [1.165, 1.54) is 19.1 Å². The Hall–Kier alpha value is -3.75. The molecular formula is C24H31N3O6. The van der Waals surface area contributed by atoms with Gasteiger partial charge in [-0.15, -0.1) is 0 Å². The second-order valence-corrected chi connectivity index (χ2v) is 6.97. The molecule has 0 bridgehead atoms. The van der Waals surface area contributed by atoms with E-state index in [-0.39, 0.29) is 17.9 Å². The molecule has 0 heterocycles. The van der Waals surface area contributed by atoms with E-state index in [1.807, 2.05) is 51.1 Å². The molecule has 1 unspecified atom stereocenters. The van der Waals surface area contributed by atoms with Gasteiger partial charge in [-0.05, 0) is 38.5 Å². The van der Waals surface area contributed by atoms with Crippen LogP contribution in [0.3, 0.4) is 0 Å². The first-order valence-electron chi connectivity index (χ1n) is 10.9. The van der Waals surface area contributed by atoms with Gasteiger partial charge < -0.3 is 19.5 Å². The first-order valence-corrected chi connectivity index (χ1v) is 10.9. The first kappa shape index (κ1) is 25.5. The number of hydrogen-bond acceptors (Lipinski definition) is 6. The fourth-order valence-electron chi connectivity index (χ4n) is 3.14. The Labute approximate surface area is 193 Å². The molecule has 0 saturated heterocycles. The smallest absolute Gasteiger partial charge is 0.269 e. The molecule has 2 aromatic rings. The summed E-state index contributed by atoms with van der Waals surface area (Å²) < 4.78 is 16.9. The minimum Gasteiger partial charge on any atom is -0.490 e. The van der Waals surface area contributed by atoms with Gasteiger partial charge in [-0.1, -0.05) is 30.3 Å². The predicted octanol–water partition coefficient (Wildman–Crippen LogP) is 2.91. The van der Waals surface area contributed by atoms with E-state index in [2.05, 4.69) is 16.2 Å². The second kappa shape index (κ2) is 12.9. The van der Waals surface area contributed by atoms with Crippen LogP contribution in [0, 0.1) is 0 Å². The molecule has 0 spiro atoms. The van der Waals surface area contributed by atoms with Crippen LogP contribution in [0.5, 0.6) is 17.2 Å². The molecule has 0 aliphatic rings. The number of amides is 3. The zero-order chi connectivity index (χ0) is 24.2. The van der Waals surface area contributed by atoms with Gasteiger partial charge in [0.05, 0.1) is 32.3 Å². The van der Waals surface area contributed by atoms with Crippen LogP contribution in [-0.2, 0) is 9.59 Å². The lowest BCUT2D eigenvalue weighted by molar-refractivity contribution is -0.123. The van der Waals surface area contributed by atoms with Gasteiger partial charge in [0, 0.05) is 12.5 Å². The van der Waals surface area contributed by atoms with Gasteiger partial charge in [0.25, 0.3) is 5.91 Å². The summed E-state index contributed by atoms with van der Waals surface area (Å²) in [6.45, 7) is 8.01. The lowest BCUT2D eigenvalue weighted by Crippen LogP contribution is -2.43. The Balaban J connectivity index is 2.12. The van der Waals surface area contributed by atoms with Crippen molar-refractivity contribution in [3.63, 3.8) is 0 Å². The van der Waals surface area contributed by atoms with Gasteiger partial charge in [-0.3, -0.25) is 25.2 Å². The molecule has 0 aliphatic carbocycles. The lowest BCUT2D eigenvalue weighted by Gasteiger charge is -2.19. The molecule has 9 heteroatoms. The van der Waals surface area contributed by atoms with Crippen LogP contribution >= 0.6 is 0 Å². The Bertz CT molecular complexity index is 921. The van der Waals surface area contributed by atoms with Crippen molar-refractivity contribution >= 4 is 17.7 Å². The molecule has 0 saturated carbocycles. The fraction of sp³-hybridized carbons (Fsp3) is 0.375. The molecule has 3 N–H and O–H groups in total. The third-order valence-corrected chi connectivity index (χ3v) is 4.46. The maximum Gasteiger partial charge on any atom is 0.269 e. The molecule has 0 fully saturated rings. The standard InChI is InChI=1S/C24H31N3O6/c1-5-31-20-13-18(14-21(32-6-2)23(20)33-7-3)24(30)27-26-22(29)15-19(25-16(4)28)17-11-9-8-10-12-17/h8-14,19H,5-7,15H2,1-4H3,(H,25,28)(H,26,29)(H,27,30). The van der Waals surface area contributed by atoms with Gasteiger partial charge in [0.2, 0.25) is 17.6 Å². The largest absolute Gasteiger partial charge is 0.490 e. The molecular weight excluding hydrogens is 426 g/mol. The van der Waals surface area contributed by atoms with Crippen molar-refractivity contribution in [2.75, 3.05) is 19.8 Å². The van der Waals surface area contributed by atoms with Crippen molar-refractivity contribution in [3.05, 3.63) is 53.6 Å². The zero-order valence-corrected chi connectivity index (χ0v) is 19.4. The summed E-state index contributed by atoms with van der Waals surface area (Å²) in [5.74, 6) is -0.117. The molecule has 0 radical (unpaired) electrons. The number of rotatable bonds is 11. The first-order chi connectivity index (χ1) is 15.9. The van der Waals surface area contributed by atoms with E-state index in [9.17, 15) is 14.4 Å². The van der Waals surface area contributed by atoms with Crippen molar-refractivity contribution in [2.24, 2.45) is 0 Å². The lowest BCUT2D eigenvalue weighted by atomic mass is 10.0. The van der Waals surface area contributed by atoms with Crippen LogP contribution in [0.2, 0.25) is 0 Å². The third kappa shape index (κ3) is 7.71. The third-order valence-electron chi connectivity index (χ3n) is 4.46.